The van der Waals surface area contributed by atoms with Gasteiger partial charge >= 0.3 is 0 Å². The van der Waals surface area contributed by atoms with Gasteiger partial charge in [-0.05, 0) is 31.0 Å². The molecule has 3 heterocycles. The molecule has 1 N–H and O–H groups in total. The molecule has 0 bridgehead atoms. The van der Waals surface area contributed by atoms with Crippen molar-refractivity contribution < 1.29 is 9.21 Å². The van der Waals surface area contributed by atoms with E-state index in [9.17, 15) is 4.79 Å². The number of carbonyl (C=O) groups is 1. The Kier molecular flexibility index (Phi) is 3.42. The predicted octanol–water partition coefficient (Wildman–Crippen LogP) is 3.04. The van der Waals surface area contributed by atoms with Crippen LogP contribution in [0.25, 0.3) is 11.4 Å². The highest BCUT2D eigenvalue weighted by Crippen LogP contribution is 2.34. The molecule has 3 aromatic rings. The van der Waals surface area contributed by atoms with Crippen LogP contribution in [0.4, 0.5) is 0 Å². The topological polar surface area (TPSA) is 75.0 Å². The summed E-state index contributed by atoms with van der Waals surface area (Å²) < 4.78 is 5.51. The van der Waals surface area contributed by atoms with Gasteiger partial charge in [-0.3, -0.25) is 9.89 Å². The first-order chi connectivity index (χ1) is 11.3. The highest BCUT2D eigenvalue weighted by Gasteiger charge is 2.33. The normalized spacial score (nSPS) is 17.6. The number of H-pyrrole nitrogens is 1. The molecule has 0 aliphatic carbocycles. The van der Waals surface area contributed by atoms with Gasteiger partial charge in [0.25, 0.3) is 5.91 Å². The Morgan fingerprint density at radius 1 is 1.26 bits per heavy atom. The molecule has 0 unspecified atom stereocenters. The van der Waals surface area contributed by atoms with Gasteiger partial charge in [0.05, 0.1) is 17.9 Å². The summed E-state index contributed by atoms with van der Waals surface area (Å²) in [5.74, 6) is 1.44. The minimum absolute atomic E-state index is 0.000261. The minimum atomic E-state index is -0.00380. The number of amides is 1. The molecule has 1 amide bonds. The van der Waals surface area contributed by atoms with E-state index in [0.717, 1.165) is 30.7 Å². The van der Waals surface area contributed by atoms with E-state index in [0.29, 0.717) is 11.4 Å². The maximum Gasteiger partial charge on any atom is 0.255 e. The van der Waals surface area contributed by atoms with E-state index < -0.39 is 0 Å². The van der Waals surface area contributed by atoms with Gasteiger partial charge in [-0.25, -0.2) is 4.98 Å². The van der Waals surface area contributed by atoms with E-state index >= 15 is 0 Å². The lowest BCUT2D eigenvalue weighted by molar-refractivity contribution is 0.0720. The zero-order valence-corrected chi connectivity index (χ0v) is 12.5. The maximum atomic E-state index is 13.1. The Morgan fingerprint density at radius 2 is 2.17 bits per heavy atom. The highest BCUT2D eigenvalue weighted by molar-refractivity contribution is 6.00. The van der Waals surface area contributed by atoms with Crippen LogP contribution in [0.15, 0.2) is 53.4 Å². The number of hydrogen-bond acceptors (Lipinski definition) is 4. The average Bonchev–Trinajstić information content (AvgIpc) is 3.35. The quantitative estimate of drug-likeness (QED) is 0.807. The summed E-state index contributed by atoms with van der Waals surface area (Å²) in [6.45, 7) is 0.731. The van der Waals surface area contributed by atoms with Crippen molar-refractivity contribution in [3.05, 3.63) is 60.3 Å². The largest absolute Gasteiger partial charge is 0.467 e. The van der Waals surface area contributed by atoms with Crippen LogP contribution < -0.4 is 0 Å². The molecule has 1 aliphatic rings. The molecule has 0 radical (unpaired) electrons. The number of furan rings is 1. The van der Waals surface area contributed by atoms with Crippen molar-refractivity contribution in [3.8, 4) is 11.4 Å². The van der Waals surface area contributed by atoms with Crippen molar-refractivity contribution in [3.63, 3.8) is 0 Å². The molecule has 1 fully saturated rings. The molecule has 1 saturated heterocycles. The van der Waals surface area contributed by atoms with Crippen LogP contribution in [0.2, 0.25) is 0 Å². The van der Waals surface area contributed by atoms with Crippen LogP contribution in [0.3, 0.4) is 0 Å². The van der Waals surface area contributed by atoms with E-state index in [4.69, 9.17) is 4.42 Å². The van der Waals surface area contributed by atoms with Crippen molar-refractivity contribution in [2.24, 2.45) is 0 Å². The number of likely N-dealkylation sites (tertiary alicyclic amines) is 1. The van der Waals surface area contributed by atoms with Gasteiger partial charge in [0.2, 0.25) is 0 Å². The summed E-state index contributed by atoms with van der Waals surface area (Å²) in [5.41, 5.74) is 1.39. The number of rotatable bonds is 3. The molecule has 1 aromatic carbocycles. The minimum Gasteiger partial charge on any atom is -0.467 e. The Bertz CT molecular complexity index is 796. The SMILES string of the molecule is O=C(c1ccccc1-c1ncn[nH]1)N1CCC[C@H]1c1ccco1. The fraction of sp³-hybridized carbons (Fsp3) is 0.235. The van der Waals surface area contributed by atoms with E-state index in [-0.39, 0.29) is 11.9 Å². The van der Waals surface area contributed by atoms with Crippen LogP contribution in [0.1, 0.15) is 35.0 Å². The Hall–Kier alpha value is -2.89. The predicted molar refractivity (Wildman–Crippen MR) is 83.5 cm³/mol. The number of aromatic nitrogens is 3. The van der Waals surface area contributed by atoms with Crippen molar-refractivity contribution >= 4 is 5.91 Å². The lowest BCUT2D eigenvalue weighted by Gasteiger charge is -2.24. The maximum absolute atomic E-state index is 13.1. The second kappa shape index (κ2) is 5.72. The third-order valence-corrected chi connectivity index (χ3v) is 4.21. The first kappa shape index (κ1) is 13.8. The summed E-state index contributed by atoms with van der Waals surface area (Å²) >= 11 is 0. The molecule has 1 aliphatic heterocycles. The van der Waals surface area contributed by atoms with E-state index in [1.807, 2.05) is 41.3 Å². The van der Waals surface area contributed by atoms with Crippen molar-refractivity contribution in [1.29, 1.82) is 0 Å². The zero-order chi connectivity index (χ0) is 15.6. The molecule has 116 valence electrons. The zero-order valence-electron chi connectivity index (χ0n) is 12.5. The number of nitrogens with zero attached hydrogens (tertiary/aromatic N) is 3. The van der Waals surface area contributed by atoms with Gasteiger partial charge in [0.1, 0.15) is 12.1 Å². The van der Waals surface area contributed by atoms with Crippen LogP contribution in [-0.4, -0.2) is 32.5 Å². The van der Waals surface area contributed by atoms with Crippen molar-refractivity contribution in [2.75, 3.05) is 6.54 Å². The molecule has 0 saturated carbocycles. The van der Waals surface area contributed by atoms with Crippen LogP contribution in [0, 0.1) is 0 Å². The van der Waals surface area contributed by atoms with Gasteiger partial charge in [-0.1, -0.05) is 18.2 Å². The van der Waals surface area contributed by atoms with Crippen LogP contribution in [0.5, 0.6) is 0 Å². The molecular weight excluding hydrogens is 292 g/mol. The lowest BCUT2D eigenvalue weighted by atomic mass is 10.0. The van der Waals surface area contributed by atoms with Gasteiger partial charge in [-0.2, -0.15) is 5.10 Å². The number of aromatic amines is 1. The second-order valence-corrected chi connectivity index (χ2v) is 5.55. The van der Waals surface area contributed by atoms with Gasteiger partial charge in [0, 0.05) is 12.1 Å². The first-order valence-electron chi connectivity index (χ1n) is 7.64. The first-order valence-corrected chi connectivity index (χ1v) is 7.64. The average molecular weight is 308 g/mol. The van der Waals surface area contributed by atoms with Crippen molar-refractivity contribution in [2.45, 2.75) is 18.9 Å². The number of nitrogens with one attached hydrogen (secondary N) is 1. The monoisotopic (exact) mass is 308 g/mol. The van der Waals surface area contributed by atoms with Crippen LogP contribution >= 0.6 is 0 Å². The second-order valence-electron chi connectivity index (χ2n) is 5.55. The highest BCUT2D eigenvalue weighted by atomic mass is 16.3. The van der Waals surface area contributed by atoms with Gasteiger partial charge in [-0.15, -0.1) is 0 Å². The Labute approximate surface area is 133 Å². The number of benzene rings is 1. The summed E-state index contributed by atoms with van der Waals surface area (Å²) in [4.78, 5) is 19.1. The molecule has 4 rings (SSSR count). The fourth-order valence-corrected chi connectivity index (χ4v) is 3.15. The number of hydrogen-bond donors (Lipinski definition) is 1. The molecule has 2 aromatic heterocycles. The van der Waals surface area contributed by atoms with Crippen molar-refractivity contribution in [1.82, 2.24) is 20.1 Å². The fourth-order valence-electron chi connectivity index (χ4n) is 3.15. The molecule has 6 heteroatoms. The van der Waals surface area contributed by atoms with Crippen LogP contribution in [-0.2, 0) is 0 Å². The lowest BCUT2D eigenvalue weighted by Crippen LogP contribution is -2.30. The Morgan fingerprint density at radius 3 is 2.96 bits per heavy atom. The van der Waals surface area contributed by atoms with E-state index in [1.165, 1.54) is 6.33 Å². The van der Waals surface area contributed by atoms with E-state index in [1.54, 1.807) is 6.26 Å². The third-order valence-electron chi connectivity index (χ3n) is 4.21. The summed E-state index contributed by atoms with van der Waals surface area (Å²) in [7, 11) is 0. The summed E-state index contributed by atoms with van der Waals surface area (Å²) in [6, 6.07) is 11.3. The molecule has 1 atom stereocenters. The smallest absolute Gasteiger partial charge is 0.255 e. The van der Waals surface area contributed by atoms with Gasteiger partial charge in [0.15, 0.2) is 5.82 Å². The van der Waals surface area contributed by atoms with Gasteiger partial charge < -0.3 is 9.32 Å². The number of carbonyl (C=O) groups excluding carboxylic acids is 1. The molecular formula is C17H16N4O2. The van der Waals surface area contributed by atoms with E-state index in [2.05, 4.69) is 15.2 Å². The standard InChI is InChI=1S/C17H16N4O2/c22-17(21-9-3-7-14(21)15-8-4-10-23-15)13-6-2-1-5-12(13)16-18-11-19-20-16/h1-2,4-6,8,10-11,14H,3,7,9H2,(H,18,19,20)/t14-/m0/s1. The molecule has 6 nitrogen and oxygen atoms in total. The summed E-state index contributed by atoms with van der Waals surface area (Å²) in [6.07, 6.45) is 4.99. The Balaban J connectivity index is 1.70. The molecule has 23 heavy (non-hydrogen) atoms. The molecule has 0 spiro atoms. The summed E-state index contributed by atoms with van der Waals surface area (Å²) in [5, 5.41) is 6.70. The third kappa shape index (κ3) is 2.42.